The zero-order valence-electron chi connectivity index (χ0n) is 11.5. The number of nitrogens with zero attached hydrogens (tertiary/aromatic N) is 2. The van der Waals surface area contributed by atoms with Gasteiger partial charge in [0.25, 0.3) is 11.1 Å². The highest BCUT2D eigenvalue weighted by molar-refractivity contribution is 9.10. The lowest BCUT2D eigenvalue weighted by atomic mass is 10.2. The SMILES string of the molecule is CCN1C(=O)SC(=Cc2ccc(N(C)C)c(Br)c2)C1=O. The molecule has 1 aliphatic heterocycles. The van der Waals surface area contributed by atoms with E-state index in [0.29, 0.717) is 11.4 Å². The number of benzene rings is 1. The standard InChI is InChI=1S/C14H15BrN2O2S/c1-4-17-13(18)12(20-14(17)19)8-9-5-6-11(16(2)3)10(15)7-9/h5-8H,4H2,1-3H3. The van der Waals surface area contributed by atoms with Crippen molar-refractivity contribution < 1.29 is 9.59 Å². The Bertz CT molecular complexity index is 599. The molecule has 1 aromatic rings. The molecule has 0 aromatic heterocycles. The van der Waals surface area contributed by atoms with Gasteiger partial charge in [0.05, 0.1) is 10.6 Å². The molecule has 1 saturated heterocycles. The quantitative estimate of drug-likeness (QED) is 0.778. The van der Waals surface area contributed by atoms with Gasteiger partial charge < -0.3 is 4.90 Å². The predicted octanol–water partition coefficient (Wildman–Crippen LogP) is 3.57. The van der Waals surface area contributed by atoms with Crippen LogP contribution in [0.1, 0.15) is 12.5 Å². The molecule has 0 atom stereocenters. The van der Waals surface area contributed by atoms with Crippen molar-refractivity contribution >= 4 is 50.6 Å². The largest absolute Gasteiger partial charge is 0.377 e. The zero-order valence-corrected chi connectivity index (χ0v) is 13.9. The highest BCUT2D eigenvalue weighted by Gasteiger charge is 2.33. The molecule has 0 aliphatic carbocycles. The fraction of sp³-hybridized carbons (Fsp3) is 0.286. The molecule has 0 radical (unpaired) electrons. The second kappa shape index (κ2) is 6.01. The van der Waals surface area contributed by atoms with Crippen LogP contribution in [0.2, 0.25) is 0 Å². The van der Waals surface area contributed by atoms with Crippen molar-refractivity contribution in [3.8, 4) is 0 Å². The number of hydrogen-bond donors (Lipinski definition) is 0. The molecular weight excluding hydrogens is 340 g/mol. The fourth-order valence-electron chi connectivity index (χ4n) is 1.90. The smallest absolute Gasteiger partial charge is 0.293 e. The summed E-state index contributed by atoms with van der Waals surface area (Å²) in [4.78, 5) is 27.4. The average molecular weight is 355 g/mol. The van der Waals surface area contributed by atoms with Gasteiger partial charge >= 0.3 is 0 Å². The summed E-state index contributed by atoms with van der Waals surface area (Å²) in [6.45, 7) is 2.20. The van der Waals surface area contributed by atoms with Gasteiger partial charge in [0.1, 0.15) is 0 Å². The summed E-state index contributed by atoms with van der Waals surface area (Å²) in [6.07, 6.45) is 1.75. The third-order valence-electron chi connectivity index (χ3n) is 2.94. The number of thioether (sulfide) groups is 1. The minimum absolute atomic E-state index is 0.201. The Labute approximate surface area is 130 Å². The maximum atomic E-state index is 12.0. The molecule has 6 heteroatoms. The average Bonchev–Trinajstić information content (AvgIpc) is 2.63. The van der Waals surface area contributed by atoms with Crippen molar-refractivity contribution in [2.75, 3.05) is 25.5 Å². The lowest BCUT2D eigenvalue weighted by Gasteiger charge is -2.14. The molecule has 2 amide bonds. The van der Waals surface area contributed by atoms with Gasteiger partial charge in [0.2, 0.25) is 0 Å². The maximum absolute atomic E-state index is 12.0. The Balaban J connectivity index is 2.30. The van der Waals surface area contributed by atoms with E-state index in [4.69, 9.17) is 0 Å². The van der Waals surface area contributed by atoms with Gasteiger partial charge in [-0.3, -0.25) is 14.5 Å². The second-order valence-electron chi connectivity index (χ2n) is 4.53. The molecule has 0 saturated carbocycles. The molecule has 0 unspecified atom stereocenters. The Morgan fingerprint density at radius 1 is 1.35 bits per heavy atom. The van der Waals surface area contributed by atoms with Crippen LogP contribution in [0.5, 0.6) is 0 Å². The summed E-state index contributed by atoms with van der Waals surface area (Å²) in [5.41, 5.74) is 1.95. The molecular formula is C14H15BrN2O2S. The molecule has 2 rings (SSSR count). The Morgan fingerprint density at radius 2 is 2.05 bits per heavy atom. The Kier molecular flexibility index (Phi) is 4.55. The van der Waals surface area contributed by atoms with Crippen LogP contribution < -0.4 is 4.90 Å². The van der Waals surface area contributed by atoms with Crippen molar-refractivity contribution in [2.45, 2.75) is 6.92 Å². The summed E-state index contributed by atoms with van der Waals surface area (Å²) in [7, 11) is 3.93. The van der Waals surface area contributed by atoms with Crippen LogP contribution in [0.3, 0.4) is 0 Å². The Morgan fingerprint density at radius 3 is 2.55 bits per heavy atom. The van der Waals surface area contributed by atoms with E-state index in [1.165, 1.54) is 4.90 Å². The first kappa shape index (κ1) is 15.1. The molecule has 106 valence electrons. The molecule has 1 heterocycles. The van der Waals surface area contributed by atoms with E-state index in [0.717, 1.165) is 27.5 Å². The minimum Gasteiger partial charge on any atom is -0.377 e. The third kappa shape index (κ3) is 2.91. The van der Waals surface area contributed by atoms with Gasteiger partial charge in [-0.1, -0.05) is 6.07 Å². The van der Waals surface area contributed by atoms with Crippen molar-refractivity contribution in [1.82, 2.24) is 4.90 Å². The van der Waals surface area contributed by atoms with E-state index in [1.54, 1.807) is 13.0 Å². The van der Waals surface area contributed by atoms with Crippen LogP contribution in [0, 0.1) is 0 Å². The molecule has 0 bridgehead atoms. The van der Waals surface area contributed by atoms with E-state index >= 15 is 0 Å². The van der Waals surface area contributed by atoms with E-state index < -0.39 is 0 Å². The third-order valence-corrected chi connectivity index (χ3v) is 4.48. The molecule has 20 heavy (non-hydrogen) atoms. The number of carbonyl (C=O) groups is 2. The van der Waals surface area contributed by atoms with Crippen molar-refractivity contribution in [3.63, 3.8) is 0 Å². The van der Waals surface area contributed by atoms with Crippen LogP contribution in [-0.2, 0) is 4.79 Å². The van der Waals surface area contributed by atoms with Crippen LogP contribution in [-0.4, -0.2) is 36.7 Å². The van der Waals surface area contributed by atoms with Gasteiger partial charge in [-0.15, -0.1) is 0 Å². The van der Waals surface area contributed by atoms with Crippen LogP contribution in [0.25, 0.3) is 6.08 Å². The first-order chi connectivity index (χ1) is 9.43. The fourth-order valence-corrected chi connectivity index (χ4v) is 3.55. The van der Waals surface area contributed by atoms with Crippen molar-refractivity contribution in [2.24, 2.45) is 0 Å². The number of carbonyl (C=O) groups excluding carboxylic acids is 2. The molecule has 1 aliphatic rings. The predicted molar refractivity (Wildman–Crippen MR) is 86.8 cm³/mol. The van der Waals surface area contributed by atoms with Crippen LogP contribution in [0.4, 0.5) is 10.5 Å². The van der Waals surface area contributed by atoms with Gasteiger partial charge in [0.15, 0.2) is 0 Å². The minimum atomic E-state index is -0.213. The highest BCUT2D eigenvalue weighted by Crippen LogP contribution is 2.33. The topological polar surface area (TPSA) is 40.6 Å². The number of rotatable bonds is 3. The van der Waals surface area contributed by atoms with Crippen molar-refractivity contribution in [1.29, 1.82) is 0 Å². The number of anilines is 1. The number of imide groups is 1. The first-order valence-corrected chi connectivity index (χ1v) is 7.77. The first-order valence-electron chi connectivity index (χ1n) is 6.16. The van der Waals surface area contributed by atoms with Gasteiger partial charge in [-0.25, -0.2) is 0 Å². The normalized spacial score (nSPS) is 17.2. The highest BCUT2D eigenvalue weighted by atomic mass is 79.9. The van der Waals surface area contributed by atoms with Crippen LogP contribution >= 0.6 is 27.7 Å². The number of amides is 2. The summed E-state index contributed by atoms with van der Waals surface area (Å²) in [6, 6.07) is 5.84. The van der Waals surface area contributed by atoms with E-state index in [1.807, 2.05) is 37.2 Å². The van der Waals surface area contributed by atoms with Crippen molar-refractivity contribution in [3.05, 3.63) is 33.1 Å². The van der Waals surface area contributed by atoms with Gasteiger partial charge in [0, 0.05) is 25.1 Å². The number of hydrogen-bond acceptors (Lipinski definition) is 4. The summed E-state index contributed by atoms with van der Waals surface area (Å²) < 4.78 is 0.950. The second-order valence-corrected chi connectivity index (χ2v) is 6.38. The summed E-state index contributed by atoms with van der Waals surface area (Å²) >= 11 is 4.50. The van der Waals surface area contributed by atoms with E-state index in [9.17, 15) is 9.59 Å². The summed E-state index contributed by atoms with van der Waals surface area (Å²) in [5.74, 6) is -0.213. The zero-order chi connectivity index (χ0) is 14.9. The van der Waals surface area contributed by atoms with Gasteiger partial charge in [-0.2, -0.15) is 0 Å². The Hall–Kier alpha value is -1.27. The lowest BCUT2D eigenvalue weighted by molar-refractivity contribution is -0.122. The lowest BCUT2D eigenvalue weighted by Crippen LogP contribution is -2.27. The molecule has 4 nitrogen and oxygen atoms in total. The maximum Gasteiger partial charge on any atom is 0.293 e. The monoisotopic (exact) mass is 354 g/mol. The number of likely N-dealkylation sites (N-methyl/N-ethyl adjacent to an activating group) is 1. The van der Waals surface area contributed by atoms with E-state index in [-0.39, 0.29) is 11.1 Å². The molecule has 0 N–H and O–H groups in total. The molecule has 0 spiro atoms. The molecule has 1 fully saturated rings. The van der Waals surface area contributed by atoms with Gasteiger partial charge in [-0.05, 0) is 58.4 Å². The van der Waals surface area contributed by atoms with Crippen LogP contribution in [0.15, 0.2) is 27.6 Å². The molecule has 1 aromatic carbocycles. The summed E-state index contributed by atoms with van der Waals surface area (Å²) in [5, 5.41) is -0.201. The number of halogens is 1. The van der Waals surface area contributed by atoms with E-state index in [2.05, 4.69) is 15.9 Å².